The Bertz CT molecular complexity index is 462. The van der Waals surface area contributed by atoms with Crippen molar-refractivity contribution >= 4 is 44.8 Å². The van der Waals surface area contributed by atoms with Gasteiger partial charge in [-0.2, -0.15) is 18.4 Å². The van der Waals surface area contributed by atoms with Crippen LogP contribution in [0, 0.1) is 17.2 Å². The lowest BCUT2D eigenvalue weighted by Gasteiger charge is -2.16. The molecule has 8 heteroatoms. The van der Waals surface area contributed by atoms with E-state index in [9.17, 15) is 13.2 Å². The van der Waals surface area contributed by atoms with Crippen molar-refractivity contribution in [2.45, 2.75) is 6.18 Å². The Kier molecular flexibility index (Phi) is 5.14. The average Bonchev–Trinajstić information content (AvgIpc) is 2.19. The summed E-state index contributed by atoms with van der Waals surface area (Å²) < 4.78 is 37.7. The van der Waals surface area contributed by atoms with E-state index in [0.717, 1.165) is 0 Å². The van der Waals surface area contributed by atoms with Crippen molar-refractivity contribution in [1.29, 1.82) is 5.26 Å². The molecule has 1 rings (SSSR count). The van der Waals surface area contributed by atoms with Crippen LogP contribution in [0.15, 0.2) is 16.6 Å². The normalized spacial score (nSPS) is 12.9. The van der Waals surface area contributed by atoms with Crippen LogP contribution in [0.4, 0.5) is 18.9 Å². The summed E-state index contributed by atoms with van der Waals surface area (Å²) in [5, 5.41) is 11.2. The summed E-state index contributed by atoms with van der Waals surface area (Å²) in [5.74, 6) is -2.12. The van der Waals surface area contributed by atoms with E-state index in [1.165, 1.54) is 18.2 Å². The largest absolute Gasteiger partial charge is 0.406 e. The molecule has 0 spiro atoms. The number of nitrogens with one attached hydrogen (secondary N) is 1. The SMILES string of the molecule is N#CC(CNc1c(Cl)cc(Br)cc1Cl)C(F)(F)F. The number of hydrogen-bond acceptors (Lipinski definition) is 2. The molecule has 2 nitrogen and oxygen atoms in total. The molecule has 98 valence electrons. The minimum atomic E-state index is -4.59. The van der Waals surface area contributed by atoms with Crippen LogP contribution in [0.2, 0.25) is 10.0 Å². The topological polar surface area (TPSA) is 35.8 Å². The first-order valence-corrected chi connectivity index (χ1v) is 6.15. The maximum absolute atomic E-state index is 12.4. The maximum atomic E-state index is 12.4. The van der Waals surface area contributed by atoms with Crippen molar-refractivity contribution in [2.24, 2.45) is 5.92 Å². The molecule has 18 heavy (non-hydrogen) atoms. The molecule has 0 aliphatic carbocycles. The lowest BCUT2D eigenvalue weighted by Crippen LogP contribution is -2.28. The summed E-state index contributed by atoms with van der Waals surface area (Å²) in [6, 6.07) is 4.16. The minimum Gasteiger partial charge on any atom is -0.381 e. The van der Waals surface area contributed by atoms with E-state index in [-0.39, 0.29) is 15.7 Å². The van der Waals surface area contributed by atoms with Crippen molar-refractivity contribution in [3.8, 4) is 6.07 Å². The Morgan fingerprint density at radius 1 is 1.33 bits per heavy atom. The van der Waals surface area contributed by atoms with Gasteiger partial charge in [-0.25, -0.2) is 0 Å². The molecule has 0 amide bonds. The second-order valence-corrected chi connectivity index (χ2v) is 5.08. The van der Waals surface area contributed by atoms with Gasteiger partial charge in [-0.15, -0.1) is 0 Å². The molecule has 0 fully saturated rings. The highest BCUT2D eigenvalue weighted by molar-refractivity contribution is 9.10. The maximum Gasteiger partial charge on any atom is 0.406 e. The molecule has 0 aliphatic rings. The van der Waals surface area contributed by atoms with Gasteiger partial charge in [0.25, 0.3) is 0 Å². The summed E-state index contributed by atoms with van der Waals surface area (Å²) in [6.07, 6.45) is -4.59. The first-order chi connectivity index (χ1) is 8.25. The van der Waals surface area contributed by atoms with Gasteiger partial charge in [-0.05, 0) is 12.1 Å². The Morgan fingerprint density at radius 2 is 1.83 bits per heavy atom. The van der Waals surface area contributed by atoms with Crippen LogP contribution in [0.3, 0.4) is 0 Å². The smallest absolute Gasteiger partial charge is 0.381 e. The number of rotatable bonds is 3. The Labute approximate surface area is 120 Å². The van der Waals surface area contributed by atoms with Crippen molar-refractivity contribution in [3.63, 3.8) is 0 Å². The van der Waals surface area contributed by atoms with E-state index in [2.05, 4.69) is 21.2 Å². The van der Waals surface area contributed by atoms with Crippen LogP contribution in [-0.2, 0) is 0 Å². The number of nitriles is 1. The molecule has 0 radical (unpaired) electrons. The van der Waals surface area contributed by atoms with Gasteiger partial charge in [0.2, 0.25) is 0 Å². The summed E-state index contributed by atoms with van der Waals surface area (Å²) in [7, 11) is 0. The van der Waals surface area contributed by atoms with Gasteiger partial charge >= 0.3 is 6.18 Å². The van der Waals surface area contributed by atoms with Crippen LogP contribution in [0.5, 0.6) is 0 Å². The van der Waals surface area contributed by atoms with E-state index >= 15 is 0 Å². The molecular weight excluding hydrogens is 356 g/mol. The van der Waals surface area contributed by atoms with Gasteiger partial charge < -0.3 is 5.32 Å². The van der Waals surface area contributed by atoms with Gasteiger partial charge in [0, 0.05) is 11.0 Å². The van der Waals surface area contributed by atoms with Crippen LogP contribution in [-0.4, -0.2) is 12.7 Å². The van der Waals surface area contributed by atoms with E-state index in [4.69, 9.17) is 28.5 Å². The van der Waals surface area contributed by atoms with E-state index in [0.29, 0.717) is 4.47 Å². The fourth-order valence-electron chi connectivity index (χ4n) is 1.15. The third kappa shape index (κ3) is 3.94. The highest BCUT2D eigenvalue weighted by Crippen LogP contribution is 2.34. The molecule has 1 atom stereocenters. The molecule has 0 saturated carbocycles. The zero-order chi connectivity index (χ0) is 13.9. The zero-order valence-corrected chi connectivity index (χ0v) is 11.8. The standard InChI is InChI=1S/C10H6BrCl2F3N2/c11-6-1-7(12)9(8(13)2-6)18-4-5(3-17)10(14,15)16/h1-2,5,18H,4H2. The zero-order valence-electron chi connectivity index (χ0n) is 8.65. The highest BCUT2D eigenvalue weighted by Gasteiger charge is 2.39. The lowest BCUT2D eigenvalue weighted by molar-refractivity contribution is -0.155. The van der Waals surface area contributed by atoms with Crippen LogP contribution in [0.25, 0.3) is 0 Å². The fourth-order valence-corrected chi connectivity index (χ4v) is 2.49. The number of anilines is 1. The molecule has 0 saturated heterocycles. The quantitative estimate of drug-likeness (QED) is 0.833. The Balaban J connectivity index is 2.85. The summed E-state index contributed by atoms with van der Waals surface area (Å²) in [5.41, 5.74) is 0.172. The third-order valence-corrected chi connectivity index (χ3v) is 3.09. The second kappa shape index (κ2) is 6.00. The predicted octanol–water partition coefficient (Wildman–Crippen LogP) is 4.87. The first-order valence-electron chi connectivity index (χ1n) is 4.60. The summed E-state index contributed by atoms with van der Waals surface area (Å²) >= 11 is 14.8. The third-order valence-electron chi connectivity index (χ3n) is 2.04. The first kappa shape index (κ1) is 15.4. The molecule has 0 heterocycles. The van der Waals surface area contributed by atoms with Gasteiger partial charge in [0.1, 0.15) is 0 Å². The number of nitrogens with zero attached hydrogens (tertiary/aromatic N) is 1. The molecule has 1 unspecified atom stereocenters. The van der Waals surface area contributed by atoms with Crippen molar-refractivity contribution in [2.75, 3.05) is 11.9 Å². The van der Waals surface area contributed by atoms with Crippen molar-refractivity contribution in [3.05, 3.63) is 26.7 Å². The number of benzene rings is 1. The van der Waals surface area contributed by atoms with Crippen LogP contribution >= 0.6 is 39.1 Å². The van der Waals surface area contributed by atoms with E-state index in [1.54, 1.807) is 0 Å². The average molecular weight is 362 g/mol. The second-order valence-electron chi connectivity index (χ2n) is 3.35. The molecule has 1 aromatic rings. The fraction of sp³-hybridized carbons (Fsp3) is 0.300. The van der Waals surface area contributed by atoms with E-state index < -0.39 is 18.6 Å². The molecule has 1 N–H and O–H groups in total. The number of hydrogen-bond donors (Lipinski definition) is 1. The molecular formula is C10H6BrCl2F3N2. The van der Waals surface area contributed by atoms with Crippen molar-refractivity contribution in [1.82, 2.24) is 0 Å². The molecule has 1 aromatic carbocycles. The van der Waals surface area contributed by atoms with Crippen LogP contribution in [0.1, 0.15) is 0 Å². The van der Waals surface area contributed by atoms with Gasteiger partial charge in [-0.3, -0.25) is 0 Å². The molecule has 0 aromatic heterocycles. The predicted molar refractivity (Wildman–Crippen MR) is 67.8 cm³/mol. The van der Waals surface area contributed by atoms with Gasteiger partial charge in [-0.1, -0.05) is 39.1 Å². The van der Waals surface area contributed by atoms with E-state index in [1.807, 2.05) is 0 Å². The minimum absolute atomic E-state index is 0.172. The van der Waals surface area contributed by atoms with Gasteiger partial charge in [0.15, 0.2) is 5.92 Å². The summed E-state index contributed by atoms with van der Waals surface area (Å²) in [4.78, 5) is 0. The van der Waals surface area contributed by atoms with Gasteiger partial charge in [0.05, 0.1) is 21.8 Å². The number of alkyl halides is 3. The Morgan fingerprint density at radius 3 is 2.22 bits per heavy atom. The highest BCUT2D eigenvalue weighted by atomic mass is 79.9. The number of halogens is 6. The monoisotopic (exact) mass is 360 g/mol. The van der Waals surface area contributed by atoms with Crippen molar-refractivity contribution < 1.29 is 13.2 Å². The Hall–Kier alpha value is -0.640. The lowest BCUT2D eigenvalue weighted by atomic mass is 10.1. The molecule has 0 bridgehead atoms. The molecule has 0 aliphatic heterocycles. The summed E-state index contributed by atoms with van der Waals surface area (Å²) in [6.45, 7) is -0.610. The van der Waals surface area contributed by atoms with Crippen LogP contribution < -0.4 is 5.32 Å².